The zero-order valence-electron chi connectivity index (χ0n) is 10.3. The lowest BCUT2D eigenvalue weighted by Crippen LogP contribution is -2.47. The topological polar surface area (TPSA) is 20.2 Å². The quantitative estimate of drug-likeness (QED) is 0.654. The molecule has 0 aromatic rings. The van der Waals surface area contributed by atoms with E-state index < -0.39 is 0 Å². The van der Waals surface area contributed by atoms with E-state index in [2.05, 4.69) is 26.0 Å². The van der Waals surface area contributed by atoms with E-state index in [0.717, 1.165) is 12.3 Å². The molecule has 1 heteroatoms. The normalized spacial score (nSPS) is 40.9. The zero-order valence-corrected chi connectivity index (χ0v) is 10.3. The van der Waals surface area contributed by atoms with Crippen LogP contribution in [-0.4, -0.2) is 11.2 Å². The van der Waals surface area contributed by atoms with Gasteiger partial charge in [-0.25, -0.2) is 0 Å². The second-order valence-corrected chi connectivity index (χ2v) is 6.40. The van der Waals surface area contributed by atoms with Gasteiger partial charge in [-0.05, 0) is 50.4 Å². The van der Waals surface area contributed by atoms with Gasteiger partial charge in [-0.1, -0.05) is 26.0 Å². The number of fused-ring (bicyclic) bond motifs is 1. The fraction of sp³-hybridized carbons (Fsp3) is 0.857. The van der Waals surface area contributed by atoms with Crippen LogP contribution in [0.25, 0.3) is 0 Å². The Labute approximate surface area is 93.6 Å². The van der Waals surface area contributed by atoms with Gasteiger partial charge >= 0.3 is 0 Å². The van der Waals surface area contributed by atoms with Crippen molar-refractivity contribution < 1.29 is 5.11 Å². The van der Waals surface area contributed by atoms with Crippen LogP contribution in [0.2, 0.25) is 0 Å². The summed E-state index contributed by atoms with van der Waals surface area (Å²) >= 11 is 0. The number of aliphatic hydroxyl groups excluding tert-OH is 1. The van der Waals surface area contributed by atoms with Gasteiger partial charge in [0, 0.05) is 5.41 Å². The summed E-state index contributed by atoms with van der Waals surface area (Å²) in [6, 6.07) is 0. The van der Waals surface area contributed by atoms with Gasteiger partial charge in [-0.2, -0.15) is 0 Å². The molecule has 3 atom stereocenters. The number of rotatable bonds is 1. The summed E-state index contributed by atoms with van der Waals surface area (Å²) in [5.74, 6) is 0.718. The summed E-state index contributed by atoms with van der Waals surface area (Å²) in [5.41, 5.74) is 0.592. The minimum absolute atomic E-state index is 0.160. The molecule has 2 rings (SSSR count). The van der Waals surface area contributed by atoms with Gasteiger partial charge in [0.25, 0.3) is 0 Å². The van der Waals surface area contributed by atoms with E-state index >= 15 is 0 Å². The van der Waals surface area contributed by atoms with E-state index in [-0.39, 0.29) is 11.5 Å². The Morgan fingerprint density at radius 2 is 2.07 bits per heavy atom. The van der Waals surface area contributed by atoms with Gasteiger partial charge in [0.1, 0.15) is 0 Å². The summed E-state index contributed by atoms with van der Waals surface area (Å²) in [6.45, 7) is 6.70. The average molecular weight is 208 g/mol. The van der Waals surface area contributed by atoms with Crippen molar-refractivity contribution in [2.24, 2.45) is 16.7 Å². The van der Waals surface area contributed by atoms with Crippen molar-refractivity contribution in [2.45, 2.75) is 59.0 Å². The molecule has 0 aliphatic heterocycles. The first kappa shape index (κ1) is 11.2. The third-order valence-electron chi connectivity index (χ3n) is 4.71. The molecule has 1 fully saturated rings. The van der Waals surface area contributed by atoms with Crippen molar-refractivity contribution in [3.63, 3.8) is 0 Å². The van der Waals surface area contributed by atoms with Crippen molar-refractivity contribution in [3.8, 4) is 0 Å². The molecule has 0 aromatic carbocycles. The van der Waals surface area contributed by atoms with Crippen molar-refractivity contribution in [1.29, 1.82) is 0 Å². The maximum atomic E-state index is 10.2. The fourth-order valence-corrected chi connectivity index (χ4v) is 3.79. The van der Waals surface area contributed by atoms with Crippen LogP contribution in [-0.2, 0) is 0 Å². The van der Waals surface area contributed by atoms with Gasteiger partial charge in [-0.3, -0.25) is 0 Å². The lowest BCUT2D eigenvalue weighted by molar-refractivity contribution is -0.0744. The average Bonchev–Trinajstić information content (AvgIpc) is 2.15. The molecular formula is C14H24O. The largest absolute Gasteiger partial charge is 0.393 e. The predicted octanol–water partition coefficient (Wildman–Crippen LogP) is 3.53. The van der Waals surface area contributed by atoms with Crippen LogP contribution in [0.1, 0.15) is 52.9 Å². The molecule has 0 aromatic heterocycles. The number of hydrogen-bond acceptors (Lipinski definition) is 1. The first-order valence-electron chi connectivity index (χ1n) is 6.29. The fourth-order valence-electron chi connectivity index (χ4n) is 3.79. The van der Waals surface area contributed by atoms with Crippen LogP contribution in [0, 0.1) is 16.7 Å². The van der Waals surface area contributed by atoms with E-state index in [9.17, 15) is 5.11 Å². The third-order valence-corrected chi connectivity index (χ3v) is 4.71. The Morgan fingerprint density at radius 3 is 2.73 bits per heavy atom. The molecule has 1 nitrogen and oxygen atoms in total. The first-order valence-corrected chi connectivity index (χ1v) is 6.29. The number of hydrogen-bond donors (Lipinski definition) is 1. The molecule has 1 N–H and O–H groups in total. The molecule has 15 heavy (non-hydrogen) atoms. The SMILES string of the molecule is CC(O)C12CC=CCC1CCC(C)(C)C2. The molecule has 2 aliphatic carbocycles. The third kappa shape index (κ3) is 1.87. The molecule has 0 radical (unpaired) electrons. The van der Waals surface area contributed by atoms with Crippen molar-refractivity contribution >= 4 is 0 Å². The second-order valence-electron chi connectivity index (χ2n) is 6.40. The highest BCUT2D eigenvalue weighted by Crippen LogP contribution is 2.56. The van der Waals surface area contributed by atoms with Crippen molar-refractivity contribution in [2.75, 3.05) is 0 Å². The van der Waals surface area contributed by atoms with Crippen LogP contribution in [0.15, 0.2) is 12.2 Å². The Morgan fingerprint density at radius 1 is 1.33 bits per heavy atom. The highest BCUT2D eigenvalue weighted by atomic mass is 16.3. The van der Waals surface area contributed by atoms with Gasteiger partial charge in [-0.15, -0.1) is 0 Å². The molecule has 86 valence electrons. The van der Waals surface area contributed by atoms with Crippen LogP contribution in [0.3, 0.4) is 0 Å². The molecule has 3 unspecified atom stereocenters. The highest BCUT2D eigenvalue weighted by molar-refractivity contribution is 5.08. The predicted molar refractivity (Wildman–Crippen MR) is 63.6 cm³/mol. The number of aliphatic hydroxyl groups is 1. The maximum Gasteiger partial charge on any atom is 0.0574 e. The Kier molecular flexibility index (Phi) is 2.70. The number of allylic oxidation sites excluding steroid dienone is 2. The minimum atomic E-state index is -0.160. The zero-order chi connectivity index (χ0) is 11.1. The monoisotopic (exact) mass is 208 g/mol. The van der Waals surface area contributed by atoms with Gasteiger partial charge in [0.2, 0.25) is 0 Å². The second kappa shape index (κ2) is 3.62. The van der Waals surface area contributed by atoms with Crippen LogP contribution < -0.4 is 0 Å². The summed E-state index contributed by atoms with van der Waals surface area (Å²) in [7, 11) is 0. The molecule has 0 spiro atoms. The summed E-state index contributed by atoms with van der Waals surface area (Å²) in [4.78, 5) is 0. The van der Waals surface area contributed by atoms with Gasteiger partial charge in [0.15, 0.2) is 0 Å². The van der Waals surface area contributed by atoms with E-state index in [1.165, 1.54) is 25.7 Å². The molecule has 0 amide bonds. The molecule has 0 heterocycles. The smallest absolute Gasteiger partial charge is 0.0574 e. The molecule has 2 aliphatic rings. The molecular weight excluding hydrogens is 184 g/mol. The van der Waals surface area contributed by atoms with E-state index in [0.29, 0.717) is 5.41 Å². The van der Waals surface area contributed by atoms with Gasteiger partial charge in [0.05, 0.1) is 6.10 Å². The maximum absolute atomic E-state index is 10.2. The van der Waals surface area contributed by atoms with Crippen LogP contribution >= 0.6 is 0 Å². The lowest BCUT2D eigenvalue weighted by Gasteiger charge is -2.53. The Hall–Kier alpha value is -0.300. The summed E-state index contributed by atoms with van der Waals surface area (Å²) < 4.78 is 0. The molecule has 0 saturated heterocycles. The van der Waals surface area contributed by atoms with Gasteiger partial charge < -0.3 is 5.11 Å². The summed E-state index contributed by atoms with van der Waals surface area (Å²) in [5, 5.41) is 10.2. The molecule has 1 saturated carbocycles. The van der Waals surface area contributed by atoms with Crippen LogP contribution in [0.5, 0.6) is 0 Å². The van der Waals surface area contributed by atoms with Crippen LogP contribution in [0.4, 0.5) is 0 Å². The Bertz CT molecular complexity index is 265. The van der Waals surface area contributed by atoms with E-state index in [1.807, 2.05) is 6.92 Å². The minimum Gasteiger partial charge on any atom is -0.393 e. The lowest BCUT2D eigenvalue weighted by atomic mass is 9.53. The highest BCUT2D eigenvalue weighted by Gasteiger charge is 2.49. The van der Waals surface area contributed by atoms with E-state index in [1.54, 1.807) is 0 Å². The molecule has 0 bridgehead atoms. The first-order chi connectivity index (χ1) is 6.96. The summed E-state index contributed by atoms with van der Waals surface area (Å²) in [6.07, 6.45) is 10.5. The standard InChI is InChI=1S/C14H24O/c1-11(15)14-8-5-4-6-12(14)7-9-13(2,3)10-14/h4-5,11-12,15H,6-10H2,1-3H3. The van der Waals surface area contributed by atoms with Crippen molar-refractivity contribution in [3.05, 3.63) is 12.2 Å². The van der Waals surface area contributed by atoms with E-state index in [4.69, 9.17) is 0 Å². The Balaban J connectivity index is 2.29. The van der Waals surface area contributed by atoms with Crippen molar-refractivity contribution in [1.82, 2.24) is 0 Å².